The summed E-state index contributed by atoms with van der Waals surface area (Å²) in [6.07, 6.45) is 2.99. The van der Waals surface area contributed by atoms with Gasteiger partial charge >= 0.3 is 0 Å². The van der Waals surface area contributed by atoms with Crippen LogP contribution in [0.1, 0.15) is 18.9 Å². The molecule has 0 radical (unpaired) electrons. The van der Waals surface area contributed by atoms with Crippen molar-refractivity contribution in [1.29, 1.82) is 0 Å². The van der Waals surface area contributed by atoms with Gasteiger partial charge in [-0.3, -0.25) is 0 Å². The summed E-state index contributed by atoms with van der Waals surface area (Å²) in [5, 5.41) is 3.34. The Labute approximate surface area is 108 Å². The molecule has 1 heterocycles. The second kappa shape index (κ2) is 6.77. The van der Waals surface area contributed by atoms with Gasteiger partial charge < -0.3 is 10.1 Å². The molecule has 0 saturated carbocycles. The van der Waals surface area contributed by atoms with Gasteiger partial charge in [-0.05, 0) is 30.7 Å². The van der Waals surface area contributed by atoms with Crippen molar-refractivity contribution in [2.24, 2.45) is 0 Å². The number of rotatable bonds is 6. The van der Waals surface area contributed by atoms with Crippen LogP contribution in [0, 0.1) is 0 Å². The van der Waals surface area contributed by atoms with Crippen molar-refractivity contribution in [2.45, 2.75) is 19.9 Å². The van der Waals surface area contributed by atoms with Crippen molar-refractivity contribution in [3.05, 3.63) is 54.2 Å². The molecule has 18 heavy (non-hydrogen) atoms. The molecule has 3 heteroatoms. The highest BCUT2D eigenvalue weighted by atomic mass is 16.5. The summed E-state index contributed by atoms with van der Waals surface area (Å²) in [5.41, 5.74) is 1.17. The normalized spacial score (nSPS) is 10.3. The van der Waals surface area contributed by atoms with E-state index in [1.54, 1.807) is 0 Å². The number of nitrogens with one attached hydrogen (secondary N) is 1. The van der Waals surface area contributed by atoms with E-state index in [2.05, 4.69) is 17.2 Å². The number of benzene rings is 1. The topological polar surface area (TPSA) is 34.1 Å². The zero-order valence-corrected chi connectivity index (χ0v) is 10.6. The molecule has 1 aromatic heterocycles. The zero-order chi connectivity index (χ0) is 12.6. The Kier molecular flexibility index (Phi) is 4.73. The molecule has 0 fully saturated rings. The first-order valence-corrected chi connectivity index (χ1v) is 6.27. The van der Waals surface area contributed by atoms with Gasteiger partial charge in [-0.1, -0.05) is 31.2 Å². The molecule has 2 rings (SSSR count). The van der Waals surface area contributed by atoms with Crippen LogP contribution < -0.4 is 10.1 Å². The monoisotopic (exact) mass is 242 g/mol. The lowest BCUT2D eigenvalue weighted by Gasteiger charge is -2.06. The number of pyridine rings is 1. The van der Waals surface area contributed by atoms with E-state index >= 15 is 0 Å². The first kappa shape index (κ1) is 12.6. The first-order chi connectivity index (χ1) is 8.88. The van der Waals surface area contributed by atoms with Gasteiger partial charge in [0.05, 0.1) is 0 Å². The molecule has 0 aliphatic carbocycles. The number of nitrogens with zero attached hydrogens (tertiary/aromatic N) is 1. The molecular formula is C15H18N2O. The van der Waals surface area contributed by atoms with E-state index in [1.807, 2.05) is 48.7 Å². The van der Waals surface area contributed by atoms with Gasteiger partial charge in [-0.15, -0.1) is 0 Å². The molecule has 0 amide bonds. The fourth-order valence-corrected chi connectivity index (χ4v) is 1.59. The van der Waals surface area contributed by atoms with Gasteiger partial charge in [0.15, 0.2) is 0 Å². The minimum absolute atomic E-state index is 0.625. The van der Waals surface area contributed by atoms with E-state index in [0.29, 0.717) is 5.88 Å². The third-order valence-electron chi connectivity index (χ3n) is 2.52. The molecule has 3 nitrogen and oxygen atoms in total. The summed E-state index contributed by atoms with van der Waals surface area (Å²) in [4.78, 5) is 4.29. The average Bonchev–Trinajstić information content (AvgIpc) is 2.42. The lowest BCUT2D eigenvalue weighted by Crippen LogP contribution is -2.13. The molecule has 1 N–H and O–H groups in total. The van der Waals surface area contributed by atoms with Crippen molar-refractivity contribution in [2.75, 3.05) is 6.54 Å². The molecule has 0 unspecified atom stereocenters. The number of hydrogen-bond donors (Lipinski definition) is 1. The fourth-order valence-electron chi connectivity index (χ4n) is 1.59. The molecule has 0 saturated heterocycles. The van der Waals surface area contributed by atoms with Crippen molar-refractivity contribution in [1.82, 2.24) is 10.3 Å². The maximum absolute atomic E-state index is 5.63. The van der Waals surface area contributed by atoms with Crippen LogP contribution in [0.2, 0.25) is 0 Å². The van der Waals surface area contributed by atoms with Gasteiger partial charge in [0.1, 0.15) is 5.75 Å². The summed E-state index contributed by atoms with van der Waals surface area (Å²) >= 11 is 0. The highest BCUT2D eigenvalue weighted by molar-refractivity contribution is 5.27. The third kappa shape index (κ3) is 3.86. The van der Waals surface area contributed by atoms with Crippen molar-refractivity contribution in [3.63, 3.8) is 0 Å². The average molecular weight is 242 g/mol. The molecule has 0 spiro atoms. The molecular weight excluding hydrogens is 224 g/mol. The van der Waals surface area contributed by atoms with Crippen LogP contribution in [0.3, 0.4) is 0 Å². The van der Waals surface area contributed by atoms with Crippen LogP contribution in [0.25, 0.3) is 0 Å². The summed E-state index contributed by atoms with van der Waals surface area (Å²) in [6.45, 7) is 4.04. The van der Waals surface area contributed by atoms with Crippen molar-refractivity contribution < 1.29 is 4.74 Å². The Morgan fingerprint density at radius 1 is 1.11 bits per heavy atom. The Balaban J connectivity index is 1.91. The Morgan fingerprint density at radius 2 is 1.94 bits per heavy atom. The first-order valence-electron chi connectivity index (χ1n) is 6.27. The number of ether oxygens (including phenoxy) is 1. The number of para-hydroxylation sites is 1. The summed E-state index contributed by atoms with van der Waals surface area (Å²) < 4.78 is 5.63. The minimum Gasteiger partial charge on any atom is -0.439 e. The largest absolute Gasteiger partial charge is 0.439 e. The predicted octanol–water partition coefficient (Wildman–Crippen LogP) is 3.37. The molecule has 0 atom stereocenters. The fraction of sp³-hybridized carbons (Fsp3) is 0.267. The minimum atomic E-state index is 0.625. The third-order valence-corrected chi connectivity index (χ3v) is 2.52. The molecule has 0 aliphatic heterocycles. The molecule has 2 aromatic rings. The number of aromatic nitrogens is 1. The van der Waals surface area contributed by atoms with E-state index in [9.17, 15) is 0 Å². The zero-order valence-electron chi connectivity index (χ0n) is 10.6. The van der Waals surface area contributed by atoms with Crippen LogP contribution in [0.5, 0.6) is 11.6 Å². The van der Waals surface area contributed by atoms with Gasteiger partial charge in [0.2, 0.25) is 5.88 Å². The Hall–Kier alpha value is -1.87. The van der Waals surface area contributed by atoms with Crippen LogP contribution in [0.15, 0.2) is 48.7 Å². The number of hydrogen-bond acceptors (Lipinski definition) is 3. The van der Waals surface area contributed by atoms with Crippen LogP contribution in [-0.4, -0.2) is 11.5 Å². The quantitative estimate of drug-likeness (QED) is 0.788. The van der Waals surface area contributed by atoms with E-state index in [0.717, 1.165) is 25.3 Å². The second-order valence-corrected chi connectivity index (χ2v) is 4.10. The standard InChI is InChI=1S/C15H18N2O/c1-2-10-16-11-13-8-9-15(17-12-13)18-14-6-4-3-5-7-14/h3-9,12,16H,2,10-11H2,1H3. The van der Waals surface area contributed by atoms with Crippen LogP contribution >= 0.6 is 0 Å². The van der Waals surface area contributed by atoms with E-state index in [1.165, 1.54) is 5.56 Å². The lowest BCUT2D eigenvalue weighted by molar-refractivity contribution is 0.462. The predicted molar refractivity (Wildman–Crippen MR) is 72.8 cm³/mol. The van der Waals surface area contributed by atoms with Crippen LogP contribution in [0.4, 0.5) is 0 Å². The van der Waals surface area contributed by atoms with Crippen molar-refractivity contribution >= 4 is 0 Å². The van der Waals surface area contributed by atoms with E-state index in [-0.39, 0.29) is 0 Å². The highest BCUT2D eigenvalue weighted by Crippen LogP contribution is 2.18. The molecule has 0 bridgehead atoms. The Morgan fingerprint density at radius 3 is 2.61 bits per heavy atom. The maximum atomic E-state index is 5.63. The smallest absolute Gasteiger partial charge is 0.219 e. The van der Waals surface area contributed by atoms with E-state index < -0.39 is 0 Å². The van der Waals surface area contributed by atoms with Crippen molar-refractivity contribution in [3.8, 4) is 11.6 Å². The van der Waals surface area contributed by atoms with Crippen LogP contribution in [-0.2, 0) is 6.54 Å². The molecule has 0 aliphatic rings. The van der Waals surface area contributed by atoms with Gasteiger partial charge in [-0.2, -0.15) is 0 Å². The highest BCUT2D eigenvalue weighted by Gasteiger charge is 1.98. The summed E-state index contributed by atoms with van der Waals surface area (Å²) in [6, 6.07) is 13.6. The SMILES string of the molecule is CCCNCc1ccc(Oc2ccccc2)nc1. The van der Waals surface area contributed by atoms with Gasteiger partial charge in [0.25, 0.3) is 0 Å². The maximum Gasteiger partial charge on any atom is 0.219 e. The van der Waals surface area contributed by atoms with E-state index in [4.69, 9.17) is 4.74 Å². The second-order valence-electron chi connectivity index (χ2n) is 4.10. The summed E-state index contributed by atoms with van der Waals surface area (Å²) in [7, 11) is 0. The molecule has 1 aromatic carbocycles. The summed E-state index contributed by atoms with van der Waals surface area (Å²) in [5.74, 6) is 1.43. The lowest BCUT2D eigenvalue weighted by atomic mass is 10.3. The Bertz CT molecular complexity index is 454. The van der Waals surface area contributed by atoms with Gasteiger partial charge in [0, 0.05) is 18.8 Å². The van der Waals surface area contributed by atoms with Gasteiger partial charge in [-0.25, -0.2) is 4.98 Å². The molecule has 94 valence electrons.